The van der Waals surface area contributed by atoms with Crippen molar-refractivity contribution in [3.05, 3.63) is 68.4 Å². The third kappa shape index (κ3) is 2.87. The van der Waals surface area contributed by atoms with Gasteiger partial charge in [-0.05, 0) is 30.8 Å². The van der Waals surface area contributed by atoms with Crippen LogP contribution in [0.1, 0.15) is 17.2 Å². The second-order valence-corrected chi connectivity index (χ2v) is 5.19. The second-order valence-electron chi connectivity index (χ2n) is 4.00. The molecule has 0 aliphatic heterocycles. The molecule has 2 aromatic rings. The molecule has 19 heavy (non-hydrogen) atoms. The van der Waals surface area contributed by atoms with Crippen LogP contribution in [-0.4, -0.2) is 7.05 Å². The van der Waals surface area contributed by atoms with Crippen LogP contribution in [0.4, 0.5) is 4.39 Å². The second kappa shape index (κ2) is 6.10. The smallest absolute Gasteiger partial charge is 0.129 e. The van der Waals surface area contributed by atoms with Crippen molar-refractivity contribution < 1.29 is 4.39 Å². The van der Waals surface area contributed by atoms with Crippen molar-refractivity contribution in [3.63, 3.8) is 0 Å². The van der Waals surface area contributed by atoms with E-state index in [1.54, 1.807) is 37.4 Å². The highest BCUT2D eigenvalue weighted by molar-refractivity contribution is 6.42. The zero-order valence-corrected chi connectivity index (χ0v) is 12.3. The van der Waals surface area contributed by atoms with E-state index in [9.17, 15) is 4.39 Å². The van der Waals surface area contributed by atoms with Gasteiger partial charge in [0.2, 0.25) is 0 Å². The maximum atomic E-state index is 14.0. The fourth-order valence-corrected chi connectivity index (χ4v) is 2.67. The molecule has 5 heteroatoms. The predicted molar refractivity (Wildman–Crippen MR) is 78.8 cm³/mol. The van der Waals surface area contributed by atoms with Gasteiger partial charge in [0.15, 0.2) is 0 Å². The van der Waals surface area contributed by atoms with E-state index in [0.717, 1.165) is 0 Å². The first kappa shape index (κ1) is 14.6. The molecule has 1 nitrogen and oxygen atoms in total. The average Bonchev–Trinajstić information content (AvgIpc) is 2.38. The van der Waals surface area contributed by atoms with Gasteiger partial charge in [0.05, 0.1) is 16.1 Å². The lowest BCUT2D eigenvalue weighted by molar-refractivity contribution is 0.576. The minimum absolute atomic E-state index is 0.343. The maximum Gasteiger partial charge on any atom is 0.129 e. The minimum Gasteiger partial charge on any atom is -0.309 e. The molecule has 0 radical (unpaired) electrons. The molecule has 0 heterocycles. The third-order valence-electron chi connectivity index (χ3n) is 2.87. The summed E-state index contributed by atoms with van der Waals surface area (Å²) in [7, 11) is 1.71. The zero-order valence-electron chi connectivity index (χ0n) is 10.1. The van der Waals surface area contributed by atoms with Gasteiger partial charge in [-0.15, -0.1) is 0 Å². The van der Waals surface area contributed by atoms with Gasteiger partial charge in [0, 0.05) is 10.6 Å². The van der Waals surface area contributed by atoms with Crippen LogP contribution < -0.4 is 5.32 Å². The normalized spacial score (nSPS) is 12.5. The highest BCUT2D eigenvalue weighted by Gasteiger charge is 2.22. The van der Waals surface area contributed by atoms with E-state index in [0.29, 0.717) is 26.2 Å². The summed E-state index contributed by atoms with van der Waals surface area (Å²) in [5.74, 6) is -0.386. The lowest BCUT2D eigenvalue weighted by atomic mass is 9.98. The van der Waals surface area contributed by atoms with Crippen LogP contribution in [0.25, 0.3) is 0 Å². The molecule has 0 aromatic heterocycles. The van der Waals surface area contributed by atoms with Crippen LogP contribution >= 0.6 is 34.8 Å². The molecule has 0 saturated carbocycles. The summed E-state index contributed by atoms with van der Waals surface area (Å²) in [5, 5.41) is 4.17. The molecule has 2 rings (SSSR count). The molecule has 0 amide bonds. The molecule has 0 saturated heterocycles. The summed E-state index contributed by atoms with van der Waals surface area (Å²) in [5.41, 5.74) is 1.04. The monoisotopic (exact) mass is 317 g/mol. The third-order valence-corrected chi connectivity index (χ3v) is 4.03. The molecule has 1 atom stereocenters. The standard InChI is InChI=1S/C14H11Cl3FN/c1-19-14(8-4-2-6-10(16)13(8)17)12-9(15)5-3-7-11(12)18/h2-7,14,19H,1H3. The zero-order chi connectivity index (χ0) is 14.0. The lowest BCUT2D eigenvalue weighted by Crippen LogP contribution is -2.20. The van der Waals surface area contributed by atoms with Crippen LogP contribution in [0.5, 0.6) is 0 Å². The molecule has 0 aliphatic rings. The summed E-state index contributed by atoms with van der Waals surface area (Å²) < 4.78 is 14.0. The molecule has 0 bridgehead atoms. The number of hydrogen-bond acceptors (Lipinski definition) is 1. The van der Waals surface area contributed by atoms with E-state index >= 15 is 0 Å². The van der Waals surface area contributed by atoms with Gasteiger partial charge in [-0.2, -0.15) is 0 Å². The van der Waals surface area contributed by atoms with Crippen LogP contribution in [0.2, 0.25) is 15.1 Å². The quantitative estimate of drug-likeness (QED) is 0.830. The van der Waals surface area contributed by atoms with E-state index in [1.165, 1.54) is 6.07 Å². The van der Waals surface area contributed by atoms with Gasteiger partial charge in [-0.1, -0.05) is 53.0 Å². The molecule has 0 aliphatic carbocycles. The van der Waals surface area contributed by atoms with E-state index in [-0.39, 0.29) is 5.82 Å². The van der Waals surface area contributed by atoms with Crippen LogP contribution in [0.3, 0.4) is 0 Å². The van der Waals surface area contributed by atoms with Crippen LogP contribution in [-0.2, 0) is 0 Å². The number of rotatable bonds is 3. The number of halogens is 4. The van der Waals surface area contributed by atoms with Crippen molar-refractivity contribution in [2.24, 2.45) is 0 Å². The predicted octanol–water partition coefficient (Wildman–Crippen LogP) is 5.09. The molecule has 0 spiro atoms. The Morgan fingerprint density at radius 1 is 1.00 bits per heavy atom. The maximum absolute atomic E-state index is 14.0. The van der Waals surface area contributed by atoms with Gasteiger partial charge < -0.3 is 5.32 Å². The summed E-state index contributed by atoms with van der Waals surface area (Å²) in [6.07, 6.45) is 0. The first-order valence-corrected chi connectivity index (χ1v) is 6.74. The molecular weight excluding hydrogens is 308 g/mol. The van der Waals surface area contributed by atoms with Crippen LogP contribution in [0.15, 0.2) is 36.4 Å². The topological polar surface area (TPSA) is 12.0 Å². The Kier molecular flexibility index (Phi) is 4.69. The number of hydrogen-bond donors (Lipinski definition) is 1. The summed E-state index contributed by atoms with van der Waals surface area (Å²) >= 11 is 18.3. The van der Waals surface area contributed by atoms with E-state index < -0.39 is 6.04 Å². The van der Waals surface area contributed by atoms with Crippen molar-refractivity contribution in [1.29, 1.82) is 0 Å². The van der Waals surface area contributed by atoms with Gasteiger partial charge in [0.1, 0.15) is 5.82 Å². The number of nitrogens with one attached hydrogen (secondary N) is 1. The fourth-order valence-electron chi connectivity index (χ4n) is 1.99. The summed E-state index contributed by atoms with van der Waals surface area (Å²) in [6.45, 7) is 0. The summed E-state index contributed by atoms with van der Waals surface area (Å²) in [4.78, 5) is 0. The van der Waals surface area contributed by atoms with Crippen molar-refractivity contribution in [1.82, 2.24) is 5.32 Å². The Morgan fingerprint density at radius 3 is 2.26 bits per heavy atom. The van der Waals surface area contributed by atoms with E-state index in [2.05, 4.69) is 5.32 Å². The molecule has 100 valence electrons. The Balaban J connectivity index is 2.60. The van der Waals surface area contributed by atoms with Crippen molar-refractivity contribution >= 4 is 34.8 Å². The first-order chi connectivity index (χ1) is 9.06. The van der Waals surface area contributed by atoms with Crippen molar-refractivity contribution in [2.45, 2.75) is 6.04 Å². The fraction of sp³-hybridized carbons (Fsp3) is 0.143. The van der Waals surface area contributed by atoms with Crippen LogP contribution in [0, 0.1) is 5.82 Å². The number of benzene rings is 2. The van der Waals surface area contributed by atoms with E-state index in [4.69, 9.17) is 34.8 Å². The van der Waals surface area contributed by atoms with Gasteiger partial charge in [-0.3, -0.25) is 0 Å². The van der Waals surface area contributed by atoms with Gasteiger partial charge >= 0.3 is 0 Å². The van der Waals surface area contributed by atoms with E-state index in [1.807, 2.05) is 0 Å². The lowest BCUT2D eigenvalue weighted by Gasteiger charge is -2.20. The van der Waals surface area contributed by atoms with Crippen molar-refractivity contribution in [2.75, 3.05) is 7.05 Å². The first-order valence-electron chi connectivity index (χ1n) is 5.61. The molecule has 0 fully saturated rings. The van der Waals surface area contributed by atoms with Gasteiger partial charge in [0.25, 0.3) is 0 Å². The summed E-state index contributed by atoms with van der Waals surface area (Å²) in [6, 6.07) is 9.35. The Morgan fingerprint density at radius 2 is 1.63 bits per heavy atom. The Bertz CT molecular complexity index is 581. The minimum atomic E-state index is -0.458. The van der Waals surface area contributed by atoms with Gasteiger partial charge in [-0.25, -0.2) is 4.39 Å². The largest absolute Gasteiger partial charge is 0.309 e. The highest BCUT2D eigenvalue weighted by atomic mass is 35.5. The Labute approximate surface area is 126 Å². The Hall–Kier alpha value is -0.800. The molecule has 1 N–H and O–H groups in total. The highest BCUT2D eigenvalue weighted by Crippen LogP contribution is 2.36. The molecular formula is C14H11Cl3FN. The molecule has 1 unspecified atom stereocenters. The average molecular weight is 319 g/mol. The SMILES string of the molecule is CNC(c1cccc(Cl)c1Cl)c1c(F)cccc1Cl. The molecule has 2 aromatic carbocycles. The van der Waals surface area contributed by atoms with Crippen molar-refractivity contribution in [3.8, 4) is 0 Å².